The van der Waals surface area contributed by atoms with Crippen LogP contribution in [0.25, 0.3) is 11.0 Å². The lowest BCUT2D eigenvalue weighted by Crippen LogP contribution is -2.27. The number of anilines is 2. The van der Waals surface area contributed by atoms with Gasteiger partial charge in [0.2, 0.25) is 0 Å². The third-order valence-corrected chi connectivity index (χ3v) is 6.48. The Morgan fingerprint density at radius 1 is 0.781 bits per heavy atom. The van der Waals surface area contributed by atoms with Gasteiger partial charge in [0.1, 0.15) is 0 Å². The van der Waals surface area contributed by atoms with Crippen LogP contribution in [0.3, 0.4) is 0 Å². The van der Waals surface area contributed by atoms with Gasteiger partial charge in [0.25, 0.3) is 10.0 Å². The summed E-state index contributed by atoms with van der Waals surface area (Å²) in [6.45, 7) is 0.518. The van der Waals surface area contributed by atoms with E-state index in [2.05, 4.69) is 37.0 Å². The molecule has 4 rings (SSSR count). The molecule has 0 fully saturated rings. The molecule has 0 saturated heterocycles. The van der Waals surface area contributed by atoms with Gasteiger partial charge < -0.3 is 10.2 Å². The van der Waals surface area contributed by atoms with E-state index in [-0.39, 0.29) is 16.8 Å². The lowest BCUT2D eigenvalue weighted by molar-refractivity contribution is 0.311. The first kappa shape index (κ1) is 21.7. The molecular weight excluding hydrogens is 422 g/mol. The summed E-state index contributed by atoms with van der Waals surface area (Å²) in [6.07, 6.45) is 0. The molecule has 0 bridgehead atoms. The standard InChI is InChI=1S/C24H25N5O2S/c1-29(2)22(18-11-5-3-6-12-18)17-25-23-24(27-21-16-10-9-15-20(21)26-23)28-32(30,31)19-13-7-4-8-14-19/h3-16,22H,17H2,1-2H3,(H,25,26)(H,27,28). The Labute approximate surface area is 188 Å². The largest absolute Gasteiger partial charge is 0.365 e. The molecule has 1 heterocycles. The van der Waals surface area contributed by atoms with Gasteiger partial charge in [-0.2, -0.15) is 0 Å². The number of para-hydroxylation sites is 2. The summed E-state index contributed by atoms with van der Waals surface area (Å²) in [4.78, 5) is 11.5. The normalized spacial score (nSPS) is 12.6. The third kappa shape index (κ3) is 4.87. The number of sulfonamides is 1. The summed E-state index contributed by atoms with van der Waals surface area (Å²) < 4.78 is 28.5. The van der Waals surface area contributed by atoms with E-state index < -0.39 is 10.0 Å². The number of aromatic nitrogens is 2. The highest BCUT2D eigenvalue weighted by Gasteiger charge is 2.20. The molecule has 8 heteroatoms. The lowest BCUT2D eigenvalue weighted by atomic mass is 10.1. The molecule has 0 spiro atoms. The van der Waals surface area contributed by atoms with E-state index in [4.69, 9.17) is 0 Å². The van der Waals surface area contributed by atoms with E-state index in [1.165, 1.54) is 0 Å². The summed E-state index contributed by atoms with van der Waals surface area (Å²) in [5.41, 5.74) is 2.43. The Morgan fingerprint density at radius 2 is 1.31 bits per heavy atom. The van der Waals surface area contributed by atoms with E-state index in [9.17, 15) is 8.42 Å². The second-order valence-corrected chi connectivity index (χ2v) is 9.28. The van der Waals surface area contributed by atoms with Crippen molar-refractivity contribution in [3.63, 3.8) is 0 Å². The minimum atomic E-state index is -3.81. The summed E-state index contributed by atoms with van der Waals surface area (Å²) in [7, 11) is 0.194. The molecule has 7 nitrogen and oxygen atoms in total. The maximum atomic E-state index is 12.9. The van der Waals surface area contributed by atoms with Crippen molar-refractivity contribution in [1.82, 2.24) is 14.9 Å². The van der Waals surface area contributed by atoms with Gasteiger partial charge in [0.05, 0.1) is 22.0 Å². The van der Waals surface area contributed by atoms with Crippen molar-refractivity contribution in [3.05, 3.63) is 90.5 Å². The highest BCUT2D eigenvalue weighted by Crippen LogP contribution is 2.26. The summed E-state index contributed by atoms with van der Waals surface area (Å²) in [5, 5.41) is 3.32. The minimum absolute atomic E-state index is 0.0584. The fourth-order valence-electron chi connectivity index (χ4n) is 3.45. The molecule has 4 aromatic rings. The summed E-state index contributed by atoms with van der Waals surface area (Å²) in [6, 6.07) is 25.8. The van der Waals surface area contributed by atoms with Crippen molar-refractivity contribution in [2.75, 3.05) is 30.7 Å². The van der Waals surface area contributed by atoms with Crippen molar-refractivity contribution in [3.8, 4) is 0 Å². The van der Waals surface area contributed by atoms with Gasteiger partial charge in [-0.25, -0.2) is 18.4 Å². The molecule has 32 heavy (non-hydrogen) atoms. The van der Waals surface area contributed by atoms with Gasteiger partial charge in [-0.05, 0) is 43.9 Å². The molecule has 1 unspecified atom stereocenters. The van der Waals surface area contributed by atoms with Crippen molar-refractivity contribution in [2.24, 2.45) is 0 Å². The Hall–Kier alpha value is -3.49. The first-order valence-corrected chi connectivity index (χ1v) is 11.7. The SMILES string of the molecule is CN(C)C(CNc1nc2ccccc2nc1NS(=O)(=O)c1ccccc1)c1ccccc1. The van der Waals surface area contributed by atoms with E-state index in [1.807, 2.05) is 50.5 Å². The minimum Gasteiger partial charge on any atom is -0.365 e. The second kappa shape index (κ2) is 9.33. The fourth-order valence-corrected chi connectivity index (χ4v) is 4.48. The van der Waals surface area contributed by atoms with Crippen LogP contribution >= 0.6 is 0 Å². The lowest BCUT2D eigenvalue weighted by Gasteiger charge is -2.25. The molecule has 1 aromatic heterocycles. The molecule has 0 aliphatic heterocycles. The Kier molecular flexibility index (Phi) is 6.34. The number of nitrogens with one attached hydrogen (secondary N) is 2. The highest BCUT2D eigenvalue weighted by molar-refractivity contribution is 7.92. The molecule has 0 aliphatic carbocycles. The second-order valence-electron chi connectivity index (χ2n) is 7.60. The van der Waals surface area contributed by atoms with Crippen molar-refractivity contribution in [2.45, 2.75) is 10.9 Å². The number of likely N-dealkylation sites (N-methyl/N-ethyl adjacent to an activating group) is 1. The molecule has 1 atom stereocenters. The number of fused-ring (bicyclic) bond motifs is 1. The fraction of sp³-hybridized carbons (Fsp3) is 0.167. The number of hydrogen-bond acceptors (Lipinski definition) is 6. The maximum absolute atomic E-state index is 12.9. The molecule has 0 radical (unpaired) electrons. The van der Waals surface area contributed by atoms with Crippen LogP contribution < -0.4 is 10.0 Å². The summed E-state index contributed by atoms with van der Waals surface area (Å²) in [5.74, 6) is 0.545. The average molecular weight is 448 g/mol. The average Bonchev–Trinajstić information content (AvgIpc) is 2.80. The van der Waals surface area contributed by atoms with Crippen LogP contribution in [0.1, 0.15) is 11.6 Å². The van der Waals surface area contributed by atoms with Gasteiger partial charge >= 0.3 is 0 Å². The number of rotatable bonds is 8. The van der Waals surface area contributed by atoms with Crippen LogP contribution in [-0.4, -0.2) is 43.9 Å². The van der Waals surface area contributed by atoms with E-state index >= 15 is 0 Å². The van der Waals surface area contributed by atoms with Gasteiger partial charge in [-0.1, -0.05) is 60.7 Å². The van der Waals surface area contributed by atoms with Crippen LogP contribution in [0, 0.1) is 0 Å². The van der Waals surface area contributed by atoms with E-state index in [0.717, 1.165) is 5.56 Å². The predicted octanol–water partition coefficient (Wildman–Crippen LogP) is 4.15. The zero-order valence-corrected chi connectivity index (χ0v) is 18.8. The number of hydrogen-bond donors (Lipinski definition) is 2. The molecule has 2 N–H and O–H groups in total. The quantitative estimate of drug-likeness (QED) is 0.422. The van der Waals surface area contributed by atoms with Crippen LogP contribution in [-0.2, 0) is 10.0 Å². The van der Waals surface area contributed by atoms with Crippen LogP contribution in [0.15, 0.2) is 89.8 Å². The molecular formula is C24H25N5O2S. The van der Waals surface area contributed by atoms with E-state index in [0.29, 0.717) is 23.4 Å². The topological polar surface area (TPSA) is 87.2 Å². The van der Waals surface area contributed by atoms with Crippen LogP contribution in [0.5, 0.6) is 0 Å². The molecule has 0 saturated carbocycles. The third-order valence-electron chi connectivity index (χ3n) is 5.13. The van der Waals surface area contributed by atoms with Crippen molar-refractivity contribution < 1.29 is 8.42 Å². The maximum Gasteiger partial charge on any atom is 0.263 e. The van der Waals surface area contributed by atoms with Crippen molar-refractivity contribution in [1.29, 1.82) is 0 Å². The smallest absolute Gasteiger partial charge is 0.263 e. The van der Waals surface area contributed by atoms with Gasteiger partial charge in [0, 0.05) is 6.54 Å². The van der Waals surface area contributed by atoms with Crippen LogP contribution in [0.2, 0.25) is 0 Å². The van der Waals surface area contributed by atoms with Crippen LogP contribution in [0.4, 0.5) is 11.6 Å². The number of benzene rings is 3. The molecule has 0 amide bonds. The van der Waals surface area contributed by atoms with E-state index in [1.54, 1.807) is 36.4 Å². The zero-order chi connectivity index (χ0) is 22.6. The molecule has 0 aliphatic rings. The number of nitrogens with zero attached hydrogens (tertiary/aromatic N) is 3. The first-order chi connectivity index (χ1) is 15.4. The van der Waals surface area contributed by atoms with Gasteiger partial charge in [-0.15, -0.1) is 0 Å². The Balaban J connectivity index is 1.68. The first-order valence-electron chi connectivity index (χ1n) is 10.2. The Morgan fingerprint density at radius 3 is 1.91 bits per heavy atom. The summed E-state index contributed by atoms with van der Waals surface area (Å²) >= 11 is 0. The molecule has 3 aromatic carbocycles. The zero-order valence-electron chi connectivity index (χ0n) is 17.9. The Bertz CT molecular complexity index is 1300. The predicted molar refractivity (Wildman–Crippen MR) is 128 cm³/mol. The van der Waals surface area contributed by atoms with Gasteiger partial charge in [-0.3, -0.25) is 4.72 Å². The van der Waals surface area contributed by atoms with Gasteiger partial charge in [0.15, 0.2) is 11.6 Å². The van der Waals surface area contributed by atoms with Crippen molar-refractivity contribution >= 4 is 32.7 Å². The molecule has 164 valence electrons. The highest BCUT2D eigenvalue weighted by atomic mass is 32.2. The monoisotopic (exact) mass is 447 g/mol.